The molecule has 5 nitrogen and oxygen atoms in total. The number of unbranched alkanes of at least 4 members (excludes halogenated alkanes) is 19. The molecule has 0 fully saturated rings. The summed E-state index contributed by atoms with van der Waals surface area (Å²) in [6.07, 6.45) is 42.0. The van der Waals surface area contributed by atoms with Crippen molar-refractivity contribution < 1.29 is 24.2 Å². The van der Waals surface area contributed by atoms with Gasteiger partial charge in [-0.3, -0.25) is 9.59 Å². The summed E-state index contributed by atoms with van der Waals surface area (Å²) in [6.45, 7) is 4.05. The van der Waals surface area contributed by atoms with Gasteiger partial charge in [-0.25, -0.2) is 0 Å². The predicted octanol–water partition coefficient (Wildman–Crippen LogP) is 11.3. The Labute approximate surface area is 272 Å². The molecule has 5 heteroatoms. The van der Waals surface area contributed by atoms with Gasteiger partial charge >= 0.3 is 11.9 Å². The number of aliphatic hydroxyl groups is 1. The standard InChI is InChI=1S/C39H70O5/c1-3-5-7-9-11-13-15-16-17-18-19-20-21-22-24-25-27-29-31-33-38(41)43-36-37(35-40)44-39(42)34-32-30-28-26-23-14-12-10-8-6-4-2/h10-13,16-17,37,40H,3-9,14-15,18-36H2,1-2H3. The zero-order valence-electron chi connectivity index (χ0n) is 28.9. The summed E-state index contributed by atoms with van der Waals surface area (Å²) in [7, 11) is 0. The van der Waals surface area contributed by atoms with E-state index in [1.165, 1.54) is 103 Å². The molecule has 1 N–H and O–H groups in total. The molecule has 0 radical (unpaired) electrons. The van der Waals surface area contributed by atoms with Gasteiger partial charge in [-0.15, -0.1) is 0 Å². The van der Waals surface area contributed by atoms with Crippen LogP contribution in [0, 0.1) is 0 Å². The molecule has 0 bridgehead atoms. The first-order valence-corrected chi connectivity index (χ1v) is 18.5. The van der Waals surface area contributed by atoms with Gasteiger partial charge in [0.25, 0.3) is 0 Å². The van der Waals surface area contributed by atoms with Crippen LogP contribution in [0.15, 0.2) is 36.5 Å². The first-order chi connectivity index (χ1) is 21.6. The number of carbonyl (C=O) groups excluding carboxylic acids is 2. The molecule has 0 rings (SSSR count). The number of hydrogen-bond acceptors (Lipinski definition) is 5. The highest BCUT2D eigenvalue weighted by molar-refractivity contribution is 5.70. The van der Waals surface area contributed by atoms with Crippen molar-refractivity contribution >= 4 is 11.9 Å². The van der Waals surface area contributed by atoms with Gasteiger partial charge in [0.15, 0.2) is 6.10 Å². The maximum atomic E-state index is 12.1. The SMILES string of the molecule is CCCCC=CCCCCCCCC(=O)OC(CO)COC(=O)CCCCCCCCCCCC=CCC=CCCCCC. The number of ether oxygens (including phenoxy) is 2. The Balaban J connectivity index is 3.56. The minimum atomic E-state index is -0.774. The van der Waals surface area contributed by atoms with Crippen molar-refractivity contribution in [3.05, 3.63) is 36.5 Å². The van der Waals surface area contributed by atoms with Crippen molar-refractivity contribution in [2.45, 2.75) is 187 Å². The van der Waals surface area contributed by atoms with E-state index < -0.39 is 6.10 Å². The normalized spacial score (nSPS) is 12.5. The lowest BCUT2D eigenvalue weighted by molar-refractivity contribution is -0.161. The van der Waals surface area contributed by atoms with Gasteiger partial charge in [-0.1, -0.05) is 140 Å². The molecule has 256 valence electrons. The molecule has 0 amide bonds. The van der Waals surface area contributed by atoms with E-state index in [2.05, 4.69) is 50.3 Å². The van der Waals surface area contributed by atoms with Crippen LogP contribution in [0.4, 0.5) is 0 Å². The van der Waals surface area contributed by atoms with Crippen LogP contribution in [0.1, 0.15) is 181 Å². The third-order valence-corrected chi connectivity index (χ3v) is 7.91. The monoisotopic (exact) mass is 619 g/mol. The van der Waals surface area contributed by atoms with Crippen molar-refractivity contribution in [2.24, 2.45) is 0 Å². The highest BCUT2D eigenvalue weighted by Gasteiger charge is 2.16. The molecule has 0 aliphatic heterocycles. The Morgan fingerprint density at radius 2 is 0.932 bits per heavy atom. The minimum absolute atomic E-state index is 0.0706. The van der Waals surface area contributed by atoms with Gasteiger partial charge in [0.2, 0.25) is 0 Å². The zero-order chi connectivity index (χ0) is 32.2. The topological polar surface area (TPSA) is 72.8 Å². The molecule has 1 atom stereocenters. The molecule has 0 aromatic rings. The third kappa shape index (κ3) is 33.0. The zero-order valence-corrected chi connectivity index (χ0v) is 28.9. The second-order valence-corrected chi connectivity index (χ2v) is 12.3. The van der Waals surface area contributed by atoms with Gasteiger partial charge in [0.1, 0.15) is 6.61 Å². The molecule has 0 saturated heterocycles. The summed E-state index contributed by atoms with van der Waals surface area (Å²) in [5.74, 6) is -0.607. The molecule has 0 heterocycles. The number of allylic oxidation sites excluding steroid dienone is 6. The van der Waals surface area contributed by atoms with E-state index >= 15 is 0 Å². The summed E-state index contributed by atoms with van der Waals surface area (Å²) < 4.78 is 10.6. The van der Waals surface area contributed by atoms with Crippen LogP contribution in [-0.2, 0) is 19.1 Å². The number of esters is 2. The van der Waals surface area contributed by atoms with Crippen LogP contribution in [0.25, 0.3) is 0 Å². The molecule has 1 unspecified atom stereocenters. The van der Waals surface area contributed by atoms with E-state index in [9.17, 15) is 14.7 Å². The van der Waals surface area contributed by atoms with Crippen LogP contribution in [0.2, 0.25) is 0 Å². The molecule has 0 aromatic carbocycles. The van der Waals surface area contributed by atoms with E-state index in [1.54, 1.807) is 0 Å². The Hall–Kier alpha value is -1.88. The van der Waals surface area contributed by atoms with Crippen LogP contribution < -0.4 is 0 Å². The fourth-order valence-corrected chi connectivity index (χ4v) is 5.03. The van der Waals surface area contributed by atoms with Crippen LogP contribution in [0.5, 0.6) is 0 Å². The van der Waals surface area contributed by atoms with Gasteiger partial charge in [-0.05, 0) is 64.2 Å². The highest BCUT2D eigenvalue weighted by atomic mass is 16.6. The van der Waals surface area contributed by atoms with Crippen molar-refractivity contribution in [1.82, 2.24) is 0 Å². The van der Waals surface area contributed by atoms with Gasteiger partial charge in [0.05, 0.1) is 6.61 Å². The Bertz CT molecular complexity index is 711. The Morgan fingerprint density at radius 3 is 1.43 bits per heavy atom. The Morgan fingerprint density at radius 1 is 0.523 bits per heavy atom. The smallest absolute Gasteiger partial charge is 0.306 e. The van der Waals surface area contributed by atoms with Crippen molar-refractivity contribution in [3.8, 4) is 0 Å². The van der Waals surface area contributed by atoms with Gasteiger partial charge in [0, 0.05) is 12.8 Å². The summed E-state index contributed by atoms with van der Waals surface area (Å²) in [5.41, 5.74) is 0. The number of aliphatic hydroxyl groups excluding tert-OH is 1. The lowest BCUT2D eigenvalue weighted by atomic mass is 10.1. The average Bonchev–Trinajstić information content (AvgIpc) is 3.02. The van der Waals surface area contributed by atoms with Gasteiger partial charge in [-0.2, -0.15) is 0 Å². The van der Waals surface area contributed by atoms with E-state index in [4.69, 9.17) is 9.47 Å². The maximum Gasteiger partial charge on any atom is 0.306 e. The predicted molar refractivity (Wildman–Crippen MR) is 187 cm³/mol. The molecule has 0 saturated carbocycles. The van der Waals surface area contributed by atoms with Crippen LogP contribution in [-0.4, -0.2) is 36.4 Å². The molecular weight excluding hydrogens is 548 g/mol. The van der Waals surface area contributed by atoms with Crippen molar-refractivity contribution in [1.29, 1.82) is 0 Å². The molecule has 0 aliphatic carbocycles. The van der Waals surface area contributed by atoms with Gasteiger partial charge < -0.3 is 14.6 Å². The summed E-state index contributed by atoms with van der Waals surface area (Å²) in [5, 5.41) is 9.51. The van der Waals surface area contributed by atoms with Crippen LogP contribution >= 0.6 is 0 Å². The largest absolute Gasteiger partial charge is 0.462 e. The summed E-state index contributed by atoms with van der Waals surface area (Å²) in [6, 6.07) is 0. The van der Waals surface area contributed by atoms with E-state index in [0.717, 1.165) is 51.4 Å². The van der Waals surface area contributed by atoms with Crippen molar-refractivity contribution in [2.75, 3.05) is 13.2 Å². The first kappa shape index (κ1) is 42.1. The van der Waals surface area contributed by atoms with E-state index in [-0.39, 0.29) is 25.2 Å². The Kier molecular flexibility index (Phi) is 34.1. The molecule has 0 spiro atoms. The molecule has 0 aliphatic rings. The van der Waals surface area contributed by atoms with E-state index in [0.29, 0.717) is 12.8 Å². The fraction of sp³-hybridized carbons (Fsp3) is 0.795. The quantitative estimate of drug-likeness (QED) is 0.0450. The van der Waals surface area contributed by atoms with Crippen molar-refractivity contribution in [3.63, 3.8) is 0 Å². The van der Waals surface area contributed by atoms with Crippen LogP contribution in [0.3, 0.4) is 0 Å². The minimum Gasteiger partial charge on any atom is -0.462 e. The lowest BCUT2D eigenvalue weighted by Crippen LogP contribution is -2.28. The molecular formula is C39H70O5. The number of hydrogen-bond donors (Lipinski definition) is 1. The third-order valence-electron chi connectivity index (χ3n) is 7.91. The lowest BCUT2D eigenvalue weighted by Gasteiger charge is -2.15. The summed E-state index contributed by atoms with van der Waals surface area (Å²) in [4.78, 5) is 24.1. The number of carbonyl (C=O) groups is 2. The fourth-order valence-electron chi connectivity index (χ4n) is 5.03. The van der Waals surface area contributed by atoms with E-state index in [1.807, 2.05) is 0 Å². The molecule has 0 aromatic heterocycles. The second-order valence-electron chi connectivity index (χ2n) is 12.3. The first-order valence-electron chi connectivity index (χ1n) is 18.5. The second kappa shape index (κ2) is 35.6. The highest BCUT2D eigenvalue weighted by Crippen LogP contribution is 2.13. The molecule has 44 heavy (non-hydrogen) atoms. The average molecular weight is 619 g/mol. The summed E-state index contributed by atoms with van der Waals surface area (Å²) >= 11 is 0. The number of rotatable bonds is 33. The maximum absolute atomic E-state index is 12.1.